The molecule has 100 valence electrons. The zero-order valence-corrected chi connectivity index (χ0v) is 12.9. The molecule has 0 spiro atoms. The predicted octanol–water partition coefficient (Wildman–Crippen LogP) is 2.64. The minimum absolute atomic E-state index is 0.0832. The average molecular weight is 286 g/mol. The number of aromatic nitrogens is 1. The zero-order chi connectivity index (χ0) is 14.1. The summed E-state index contributed by atoms with van der Waals surface area (Å²) in [5, 5.41) is 9.15. The first-order valence-corrected chi connectivity index (χ1v) is 8.23. The standard InChI is InChI=1S/C12H18N2O2S2/c1-8(2)18(15,16)7-10-14-11(12(3,4)5)9(6-13)17-10/h8H,7H2,1-5H3. The van der Waals surface area contributed by atoms with E-state index in [-0.39, 0.29) is 11.2 Å². The summed E-state index contributed by atoms with van der Waals surface area (Å²) in [7, 11) is -3.17. The quantitative estimate of drug-likeness (QED) is 0.856. The van der Waals surface area contributed by atoms with E-state index in [1.807, 2.05) is 20.8 Å². The second-order valence-corrected chi connectivity index (χ2v) is 9.14. The Bertz CT molecular complexity index is 572. The summed E-state index contributed by atoms with van der Waals surface area (Å²) in [5.74, 6) is -0.0832. The minimum atomic E-state index is -3.17. The van der Waals surface area contributed by atoms with E-state index in [0.717, 1.165) is 0 Å². The monoisotopic (exact) mass is 286 g/mol. The fourth-order valence-electron chi connectivity index (χ4n) is 1.35. The lowest BCUT2D eigenvalue weighted by atomic mass is 9.91. The summed E-state index contributed by atoms with van der Waals surface area (Å²) >= 11 is 1.18. The van der Waals surface area contributed by atoms with Gasteiger partial charge in [-0.15, -0.1) is 11.3 Å². The average Bonchev–Trinajstić information content (AvgIpc) is 2.59. The lowest BCUT2D eigenvalue weighted by molar-refractivity contribution is 0.568. The Balaban J connectivity index is 3.17. The summed E-state index contributed by atoms with van der Waals surface area (Å²) in [6, 6.07) is 2.10. The van der Waals surface area contributed by atoms with E-state index in [9.17, 15) is 8.42 Å². The third kappa shape index (κ3) is 3.30. The van der Waals surface area contributed by atoms with Crippen molar-refractivity contribution in [3.8, 4) is 6.07 Å². The molecule has 1 heterocycles. The predicted molar refractivity (Wildman–Crippen MR) is 73.3 cm³/mol. The van der Waals surface area contributed by atoms with Crippen molar-refractivity contribution in [2.45, 2.75) is 51.0 Å². The Morgan fingerprint density at radius 2 is 1.94 bits per heavy atom. The summed E-state index contributed by atoms with van der Waals surface area (Å²) in [4.78, 5) is 4.85. The van der Waals surface area contributed by atoms with Gasteiger partial charge in [0.05, 0.1) is 10.9 Å². The molecule has 4 nitrogen and oxygen atoms in total. The van der Waals surface area contributed by atoms with Crippen LogP contribution < -0.4 is 0 Å². The number of thiazole rings is 1. The molecule has 0 aliphatic rings. The number of nitriles is 1. The molecule has 0 atom stereocenters. The fraction of sp³-hybridized carbons (Fsp3) is 0.667. The fourth-order valence-corrected chi connectivity index (χ4v) is 3.69. The van der Waals surface area contributed by atoms with Crippen LogP contribution in [0.15, 0.2) is 0 Å². The Labute approximate surface area is 113 Å². The molecule has 0 radical (unpaired) electrons. The minimum Gasteiger partial charge on any atom is -0.243 e. The highest BCUT2D eigenvalue weighted by molar-refractivity contribution is 7.91. The van der Waals surface area contributed by atoms with E-state index < -0.39 is 15.1 Å². The van der Waals surface area contributed by atoms with E-state index in [0.29, 0.717) is 15.6 Å². The van der Waals surface area contributed by atoms with Crippen molar-refractivity contribution < 1.29 is 8.42 Å². The lowest BCUT2D eigenvalue weighted by Gasteiger charge is -2.15. The molecular formula is C12H18N2O2S2. The van der Waals surface area contributed by atoms with Gasteiger partial charge in [0.15, 0.2) is 9.84 Å². The zero-order valence-electron chi connectivity index (χ0n) is 11.3. The van der Waals surface area contributed by atoms with Crippen LogP contribution >= 0.6 is 11.3 Å². The van der Waals surface area contributed by atoms with E-state index in [1.54, 1.807) is 13.8 Å². The second-order valence-electron chi connectivity index (χ2n) is 5.50. The van der Waals surface area contributed by atoms with Crippen LogP contribution in [-0.4, -0.2) is 18.7 Å². The van der Waals surface area contributed by atoms with Gasteiger partial charge < -0.3 is 0 Å². The SMILES string of the molecule is CC(C)S(=O)(=O)Cc1nc(C(C)(C)C)c(C#N)s1. The van der Waals surface area contributed by atoms with Crippen LogP contribution in [0.25, 0.3) is 0 Å². The van der Waals surface area contributed by atoms with Crippen molar-refractivity contribution in [3.05, 3.63) is 15.6 Å². The highest BCUT2D eigenvalue weighted by Gasteiger charge is 2.26. The topological polar surface area (TPSA) is 70.8 Å². The molecule has 0 bridgehead atoms. The normalized spacial score (nSPS) is 12.7. The molecule has 6 heteroatoms. The summed E-state index contributed by atoms with van der Waals surface area (Å²) in [6.07, 6.45) is 0. The molecule has 0 saturated carbocycles. The Hall–Kier alpha value is -0.930. The van der Waals surface area contributed by atoms with Gasteiger partial charge in [-0.1, -0.05) is 20.8 Å². The van der Waals surface area contributed by atoms with Crippen LogP contribution in [0.4, 0.5) is 0 Å². The number of rotatable bonds is 3. The first kappa shape index (κ1) is 15.1. The molecule has 0 N–H and O–H groups in total. The molecule has 0 fully saturated rings. The van der Waals surface area contributed by atoms with Gasteiger partial charge >= 0.3 is 0 Å². The molecule has 0 aromatic carbocycles. The van der Waals surface area contributed by atoms with Crippen LogP contribution in [0.1, 0.15) is 50.2 Å². The molecule has 1 aromatic heterocycles. The molecule has 1 aromatic rings. The molecular weight excluding hydrogens is 268 g/mol. The van der Waals surface area contributed by atoms with Gasteiger partial charge in [-0.05, 0) is 13.8 Å². The highest BCUT2D eigenvalue weighted by Crippen LogP contribution is 2.30. The number of hydrogen-bond donors (Lipinski definition) is 0. The molecule has 1 rings (SSSR count). The van der Waals surface area contributed by atoms with Gasteiger partial charge in [0.1, 0.15) is 21.7 Å². The van der Waals surface area contributed by atoms with E-state index >= 15 is 0 Å². The van der Waals surface area contributed by atoms with Crippen molar-refractivity contribution in [1.82, 2.24) is 4.98 Å². The Morgan fingerprint density at radius 1 is 1.39 bits per heavy atom. The molecule has 0 unspecified atom stereocenters. The maximum Gasteiger partial charge on any atom is 0.159 e. The smallest absolute Gasteiger partial charge is 0.159 e. The van der Waals surface area contributed by atoms with Gasteiger partial charge in [0.2, 0.25) is 0 Å². The first-order valence-electron chi connectivity index (χ1n) is 5.70. The second kappa shape index (κ2) is 4.98. The molecule has 0 aliphatic carbocycles. The number of nitrogens with zero attached hydrogens (tertiary/aromatic N) is 2. The molecule has 18 heavy (non-hydrogen) atoms. The van der Waals surface area contributed by atoms with Gasteiger partial charge in [-0.25, -0.2) is 13.4 Å². The van der Waals surface area contributed by atoms with Crippen molar-refractivity contribution in [2.75, 3.05) is 0 Å². The number of sulfone groups is 1. The summed E-state index contributed by atoms with van der Waals surface area (Å²) < 4.78 is 23.7. The van der Waals surface area contributed by atoms with E-state index in [1.165, 1.54) is 11.3 Å². The molecule has 0 amide bonds. The van der Waals surface area contributed by atoms with Gasteiger partial charge in [-0.3, -0.25) is 0 Å². The van der Waals surface area contributed by atoms with Gasteiger partial charge in [-0.2, -0.15) is 5.26 Å². The van der Waals surface area contributed by atoms with Crippen molar-refractivity contribution in [2.24, 2.45) is 0 Å². The van der Waals surface area contributed by atoms with Gasteiger partial charge in [0, 0.05) is 5.41 Å². The summed E-state index contributed by atoms with van der Waals surface area (Å²) in [6.45, 7) is 9.19. The third-order valence-corrected chi connectivity index (χ3v) is 5.78. The van der Waals surface area contributed by atoms with Gasteiger partial charge in [0.25, 0.3) is 0 Å². The molecule has 0 saturated heterocycles. The lowest BCUT2D eigenvalue weighted by Crippen LogP contribution is -2.17. The van der Waals surface area contributed by atoms with E-state index in [2.05, 4.69) is 11.1 Å². The number of hydrogen-bond acceptors (Lipinski definition) is 5. The van der Waals surface area contributed by atoms with Crippen LogP contribution in [0, 0.1) is 11.3 Å². The Morgan fingerprint density at radius 3 is 2.28 bits per heavy atom. The largest absolute Gasteiger partial charge is 0.243 e. The van der Waals surface area contributed by atoms with E-state index in [4.69, 9.17) is 5.26 Å². The van der Waals surface area contributed by atoms with Crippen LogP contribution in [0.2, 0.25) is 0 Å². The van der Waals surface area contributed by atoms with Crippen molar-refractivity contribution >= 4 is 21.2 Å². The van der Waals surface area contributed by atoms with Crippen LogP contribution in [0.5, 0.6) is 0 Å². The molecule has 0 aliphatic heterocycles. The Kier molecular flexibility index (Phi) is 4.19. The van der Waals surface area contributed by atoms with Crippen LogP contribution in [0.3, 0.4) is 0 Å². The maximum absolute atomic E-state index is 11.8. The maximum atomic E-state index is 11.8. The third-order valence-electron chi connectivity index (χ3n) is 2.53. The first-order chi connectivity index (χ1) is 8.08. The summed E-state index contributed by atoms with van der Waals surface area (Å²) in [5.41, 5.74) is 0.436. The van der Waals surface area contributed by atoms with Crippen molar-refractivity contribution in [3.63, 3.8) is 0 Å². The highest BCUT2D eigenvalue weighted by atomic mass is 32.2. The van der Waals surface area contributed by atoms with Crippen LogP contribution in [-0.2, 0) is 21.0 Å². The van der Waals surface area contributed by atoms with Crippen molar-refractivity contribution in [1.29, 1.82) is 5.26 Å².